The second-order valence-electron chi connectivity index (χ2n) is 4.36. The summed E-state index contributed by atoms with van der Waals surface area (Å²) in [4.78, 5) is 0. The molecule has 0 radical (unpaired) electrons. The van der Waals surface area contributed by atoms with Crippen LogP contribution in [0.2, 0.25) is 0 Å². The minimum atomic E-state index is -0.117. The van der Waals surface area contributed by atoms with E-state index < -0.39 is 0 Å². The van der Waals surface area contributed by atoms with Gasteiger partial charge in [0.15, 0.2) is 0 Å². The fourth-order valence-electron chi connectivity index (χ4n) is 1.79. The van der Waals surface area contributed by atoms with Gasteiger partial charge in [-0.1, -0.05) is 26.2 Å². The first-order chi connectivity index (χ1) is 6.74. The van der Waals surface area contributed by atoms with E-state index in [1.54, 1.807) is 0 Å². The van der Waals surface area contributed by atoms with Gasteiger partial charge in [-0.05, 0) is 24.5 Å². The number of aliphatic hydroxyl groups is 2. The molecule has 84 valence electrons. The van der Waals surface area contributed by atoms with Crippen LogP contribution in [0, 0.1) is 5.92 Å². The van der Waals surface area contributed by atoms with Gasteiger partial charge in [0.05, 0.1) is 6.10 Å². The fraction of sp³-hybridized carbons (Fsp3) is 1.00. The molecule has 0 aromatic heterocycles. The maximum absolute atomic E-state index is 9.85. The lowest BCUT2D eigenvalue weighted by atomic mass is 10.1. The molecule has 3 heteroatoms. The van der Waals surface area contributed by atoms with Gasteiger partial charge >= 0.3 is 0 Å². The molecule has 2 N–H and O–H groups in total. The normalized spacial score (nSPS) is 31.1. The third-order valence-electron chi connectivity index (χ3n) is 2.82. The zero-order valence-corrected chi connectivity index (χ0v) is 9.80. The second kappa shape index (κ2) is 6.70. The molecule has 0 bridgehead atoms. The third kappa shape index (κ3) is 4.20. The van der Waals surface area contributed by atoms with Crippen LogP contribution in [0.5, 0.6) is 0 Å². The summed E-state index contributed by atoms with van der Waals surface area (Å²) in [6.45, 7) is 2.31. The summed E-state index contributed by atoms with van der Waals surface area (Å²) in [6, 6.07) is 0. The molecule has 1 saturated carbocycles. The first-order valence-electron chi connectivity index (χ1n) is 5.64. The Hall–Kier alpha value is 0.270. The minimum absolute atomic E-state index is 0.117. The molecule has 3 atom stereocenters. The zero-order chi connectivity index (χ0) is 10.4. The molecule has 0 saturated heterocycles. The van der Waals surface area contributed by atoms with E-state index in [1.165, 1.54) is 19.3 Å². The highest BCUT2D eigenvalue weighted by Gasteiger charge is 2.22. The summed E-state index contributed by atoms with van der Waals surface area (Å²) >= 11 is 1.84. The molecule has 0 heterocycles. The molecule has 14 heavy (non-hydrogen) atoms. The van der Waals surface area contributed by atoms with Gasteiger partial charge in [0.25, 0.3) is 0 Å². The number of rotatable bonds is 4. The van der Waals surface area contributed by atoms with Gasteiger partial charge in [0, 0.05) is 11.9 Å². The van der Waals surface area contributed by atoms with Gasteiger partial charge in [-0.2, -0.15) is 11.8 Å². The summed E-state index contributed by atoms with van der Waals surface area (Å²) in [5.74, 6) is 1.33. The van der Waals surface area contributed by atoms with Crippen LogP contribution < -0.4 is 0 Å². The monoisotopic (exact) mass is 218 g/mol. The van der Waals surface area contributed by atoms with Crippen LogP contribution in [0.3, 0.4) is 0 Å². The second-order valence-corrected chi connectivity index (χ2v) is 5.64. The number of thioether (sulfide) groups is 1. The average molecular weight is 218 g/mol. The van der Waals surface area contributed by atoms with E-state index in [9.17, 15) is 5.11 Å². The van der Waals surface area contributed by atoms with E-state index in [2.05, 4.69) is 6.92 Å². The van der Waals surface area contributed by atoms with Crippen LogP contribution in [0.15, 0.2) is 0 Å². The Kier molecular flexibility index (Phi) is 5.90. The van der Waals surface area contributed by atoms with E-state index >= 15 is 0 Å². The van der Waals surface area contributed by atoms with Crippen LogP contribution in [0.25, 0.3) is 0 Å². The molecule has 0 spiro atoms. The molecule has 0 amide bonds. The van der Waals surface area contributed by atoms with E-state index in [0.29, 0.717) is 11.2 Å². The summed E-state index contributed by atoms with van der Waals surface area (Å²) < 4.78 is 0. The van der Waals surface area contributed by atoms with Crippen molar-refractivity contribution in [3.63, 3.8) is 0 Å². The molecular formula is C11H22O2S. The average Bonchev–Trinajstić information content (AvgIpc) is 2.39. The first-order valence-corrected chi connectivity index (χ1v) is 6.69. The first kappa shape index (κ1) is 12.3. The standard InChI is InChI=1S/C11H22O2S/c1-9(7-12)8-14-11-6-4-2-3-5-10(11)13/h9-13H,2-8H2,1H3. The Balaban J connectivity index is 2.26. The van der Waals surface area contributed by atoms with Crippen LogP contribution in [0.1, 0.15) is 39.0 Å². The smallest absolute Gasteiger partial charge is 0.0658 e. The summed E-state index contributed by atoms with van der Waals surface area (Å²) in [5, 5.41) is 19.2. The van der Waals surface area contributed by atoms with Crippen molar-refractivity contribution in [1.82, 2.24) is 0 Å². The quantitative estimate of drug-likeness (QED) is 0.709. The number of aliphatic hydroxyl groups excluding tert-OH is 2. The van der Waals surface area contributed by atoms with Crippen molar-refractivity contribution < 1.29 is 10.2 Å². The molecule has 0 aliphatic heterocycles. The fourth-order valence-corrected chi connectivity index (χ4v) is 3.16. The van der Waals surface area contributed by atoms with Crippen molar-refractivity contribution in [2.45, 2.75) is 50.4 Å². The molecule has 0 aromatic rings. The lowest BCUT2D eigenvalue weighted by molar-refractivity contribution is 0.163. The zero-order valence-electron chi connectivity index (χ0n) is 8.98. The Morgan fingerprint density at radius 2 is 2.00 bits per heavy atom. The van der Waals surface area contributed by atoms with Crippen molar-refractivity contribution in [3.8, 4) is 0 Å². The molecule has 1 fully saturated rings. The van der Waals surface area contributed by atoms with Gasteiger partial charge in [0.2, 0.25) is 0 Å². The molecule has 3 unspecified atom stereocenters. The topological polar surface area (TPSA) is 40.5 Å². The number of hydrogen-bond acceptors (Lipinski definition) is 3. The third-order valence-corrected chi connectivity index (χ3v) is 4.56. The Morgan fingerprint density at radius 3 is 2.71 bits per heavy atom. The van der Waals surface area contributed by atoms with Gasteiger partial charge in [0.1, 0.15) is 0 Å². The Labute approximate surface area is 91.1 Å². The molecule has 2 nitrogen and oxygen atoms in total. The van der Waals surface area contributed by atoms with E-state index in [0.717, 1.165) is 18.6 Å². The Bertz CT molecular complexity index is 152. The van der Waals surface area contributed by atoms with Crippen molar-refractivity contribution in [2.75, 3.05) is 12.4 Å². The summed E-state index contributed by atoms with van der Waals surface area (Å²) in [7, 11) is 0. The van der Waals surface area contributed by atoms with Crippen LogP contribution >= 0.6 is 11.8 Å². The van der Waals surface area contributed by atoms with Gasteiger partial charge < -0.3 is 10.2 Å². The maximum Gasteiger partial charge on any atom is 0.0658 e. The molecule has 0 aromatic carbocycles. The molecule has 1 aliphatic rings. The highest BCUT2D eigenvalue weighted by Crippen LogP contribution is 2.28. The highest BCUT2D eigenvalue weighted by atomic mass is 32.2. The highest BCUT2D eigenvalue weighted by molar-refractivity contribution is 7.99. The lowest BCUT2D eigenvalue weighted by Crippen LogP contribution is -2.23. The Morgan fingerprint density at radius 1 is 1.29 bits per heavy atom. The van der Waals surface area contributed by atoms with Crippen LogP contribution in [-0.4, -0.2) is 33.9 Å². The van der Waals surface area contributed by atoms with Crippen LogP contribution in [-0.2, 0) is 0 Å². The molecule has 1 aliphatic carbocycles. The maximum atomic E-state index is 9.85. The predicted octanol–water partition coefficient (Wildman–Crippen LogP) is 2.04. The predicted molar refractivity (Wildman–Crippen MR) is 61.6 cm³/mol. The SMILES string of the molecule is CC(CO)CSC1CCCCCC1O. The van der Waals surface area contributed by atoms with Gasteiger partial charge in [-0.3, -0.25) is 0 Å². The lowest BCUT2D eigenvalue weighted by Gasteiger charge is -2.21. The van der Waals surface area contributed by atoms with E-state index in [4.69, 9.17) is 5.11 Å². The van der Waals surface area contributed by atoms with Crippen molar-refractivity contribution in [2.24, 2.45) is 5.92 Å². The summed E-state index contributed by atoms with van der Waals surface area (Å²) in [5.41, 5.74) is 0. The molecular weight excluding hydrogens is 196 g/mol. The van der Waals surface area contributed by atoms with Crippen molar-refractivity contribution in [3.05, 3.63) is 0 Å². The van der Waals surface area contributed by atoms with Gasteiger partial charge in [-0.15, -0.1) is 0 Å². The number of hydrogen-bond donors (Lipinski definition) is 2. The van der Waals surface area contributed by atoms with E-state index in [1.807, 2.05) is 11.8 Å². The van der Waals surface area contributed by atoms with Crippen molar-refractivity contribution in [1.29, 1.82) is 0 Å². The summed E-state index contributed by atoms with van der Waals surface area (Å²) in [6.07, 6.45) is 5.68. The van der Waals surface area contributed by atoms with E-state index in [-0.39, 0.29) is 12.7 Å². The van der Waals surface area contributed by atoms with Crippen LogP contribution in [0.4, 0.5) is 0 Å². The molecule has 1 rings (SSSR count). The van der Waals surface area contributed by atoms with Gasteiger partial charge in [-0.25, -0.2) is 0 Å². The van der Waals surface area contributed by atoms with Crippen molar-refractivity contribution >= 4 is 11.8 Å². The minimum Gasteiger partial charge on any atom is -0.396 e. The largest absolute Gasteiger partial charge is 0.396 e.